The summed E-state index contributed by atoms with van der Waals surface area (Å²) < 4.78 is 0. The first-order valence-electron chi connectivity index (χ1n) is 2.95. The molecule has 0 spiro atoms. The van der Waals surface area contributed by atoms with Gasteiger partial charge in [0.25, 0.3) is 0 Å². The molecule has 0 saturated heterocycles. The average molecular weight is 163 g/mol. The topological polar surface area (TPSA) is 104 Å². The van der Waals surface area contributed by atoms with Crippen LogP contribution in [0.4, 0.5) is 4.79 Å². The number of aliphatic hydroxyl groups excluding tert-OH is 1. The molecule has 0 aromatic heterocycles. The van der Waals surface area contributed by atoms with E-state index in [2.05, 4.69) is 6.58 Å². The summed E-state index contributed by atoms with van der Waals surface area (Å²) in [5.41, 5.74) is 5.31. The number of nitrogens with two attached hydrogens (primary N) is 1. The zero-order valence-corrected chi connectivity index (χ0v) is 6.10. The Labute approximate surface area is 64.8 Å². The van der Waals surface area contributed by atoms with Crippen LogP contribution in [0.1, 0.15) is 6.42 Å². The van der Waals surface area contributed by atoms with Crippen LogP contribution in [0.15, 0.2) is 12.7 Å². The van der Waals surface area contributed by atoms with E-state index in [1.54, 1.807) is 6.08 Å². The molecule has 0 aliphatic rings. The van der Waals surface area contributed by atoms with Crippen molar-refractivity contribution in [2.45, 2.75) is 12.5 Å². The van der Waals surface area contributed by atoms with E-state index >= 15 is 0 Å². The van der Waals surface area contributed by atoms with Crippen molar-refractivity contribution in [1.29, 1.82) is 0 Å². The standard InChI is InChI=1S/C5H11NO.CH2O3/c1-2-5(6)3-4-7;2-1(3)4/h2,5,7H,1,3-4,6H2;(H2,2,3,4). The molecule has 0 aromatic carbocycles. The molecule has 11 heavy (non-hydrogen) atoms. The van der Waals surface area contributed by atoms with Crippen LogP contribution in [0, 0.1) is 0 Å². The number of aliphatic hydroxyl groups is 1. The third-order valence-electron chi connectivity index (χ3n) is 0.765. The molecule has 0 radical (unpaired) electrons. The minimum absolute atomic E-state index is 0.0370. The first kappa shape index (κ1) is 12.6. The number of rotatable bonds is 3. The van der Waals surface area contributed by atoms with E-state index in [1.807, 2.05) is 0 Å². The molecule has 0 aliphatic heterocycles. The maximum absolute atomic E-state index is 8.56. The lowest BCUT2D eigenvalue weighted by atomic mass is 10.2. The molecule has 0 heterocycles. The summed E-state index contributed by atoms with van der Waals surface area (Å²) >= 11 is 0. The highest BCUT2D eigenvalue weighted by Gasteiger charge is 1.90. The second-order valence-corrected chi connectivity index (χ2v) is 1.69. The molecule has 0 saturated carbocycles. The van der Waals surface area contributed by atoms with Crippen LogP contribution in [0.3, 0.4) is 0 Å². The van der Waals surface area contributed by atoms with Gasteiger partial charge in [0.05, 0.1) is 0 Å². The molecule has 0 fully saturated rings. The van der Waals surface area contributed by atoms with Gasteiger partial charge in [-0.15, -0.1) is 6.58 Å². The predicted octanol–water partition coefficient (Wildman–Crippen LogP) is 0.105. The molecular weight excluding hydrogens is 150 g/mol. The summed E-state index contributed by atoms with van der Waals surface area (Å²) in [5, 5.41) is 22.2. The van der Waals surface area contributed by atoms with Gasteiger partial charge in [0.1, 0.15) is 0 Å². The van der Waals surface area contributed by atoms with E-state index < -0.39 is 6.16 Å². The summed E-state index contributed by atoms with van der Waals surface area (Å²) in [4.78, 5) is 8.56. The van der Waals surface area contributed by atoms with Crippen LogP contribution in [0.2, 0.25) is 0 Å². The van der Waals surface area contributed by atoms with Gasteiger partial charge in [-0.25, -0.2) is 4.79 Å². The minimum Gasteiger partial charge on any atom is -0.450 e. The molecule has 66 valence electrons. The fourth-order valence-corrected chi connectivity index (χ4v) is 0.267. The second kappa shape index (κ2) is 8.93. The molecule has 1 unspecified atom stereocenters. The zero-order valence-electron chi connectivity index (χ0n) is 6.10. The predicted molar refractivity (Wildman–Crippen MR) is 40.5 cm³/mol. The molecule has 0 aliphatic carbocycles. The first-order valence-corrected chi connectivity index (χ1v) is 2.95. The van der Waals surface area contributed by atoms with Gasteiger partial charge in [-0.05, 0) is 6.42 Å². The van der Waals surface area contributed by atoms with Gasteiger partial charge in [-0.3, -0.25) is 0 Å². The van der Waals surface area contributed by atoms with E-state index in [0.717, 1.165) is 0 Å². The fraction of sp³-hybridized carbons (Fsp3) is 0.500. The number of carbonyl (C=O) groups is 1. The largest absolute Gasteiger partial charge is 0.503 e. The van der Waals surface area contributed by atoms with Crippen molar-refractivity contribution >= 4 is 6.16 Å². The third-order valence-corrected chi connectivity index (χ3v) is 0.765. The van der Waals surface area contributed by atoms with Crippen molar-refractivity contribution in [1.82, 2.24) is 0 Å². The molecular formula is C6H13NO4. The monoisotopic (exact) mass is 163 g/mol. The van der Waals surface area contributed by atoms with Crippen molar-refractivity contribution in [3.8, 4) is 0 Å². The summed E-state index contributed by atoms with van der Waals surface area (Å²) in [6.45, 7) is 3.59. The molecule has 0 aromatic rings. The molecule has 5 nitrogen and oxygen atoms in total. The van der Waals surface area contributed by atoms with E-state index in [0.29, 0.717) is 6.42 Å². The Hall–Kier alpha value is -1.07. The van der Waals surface area contributed by atoms with Crippen molar-refractivity contribution in [3.63, 3.8) is 0 Å². The first-order chi connectivity index (χ1) is 5.04. The highest BCUT2D eigenvalue weighted by molar-refractivity contribution is 5.53. The Bertz CT molecular complexity index is 111. The van der Waals surface area contributed by atoms with Gasteiger partial charge in [0.15, 0.2) is 0 Å². The van der Waals surface area contributed by atoms with Crippen molar-refractivity contribution in [3.05, 3.63) is 12.7 Å². The van der Waals surface area contributed by atoms with Gasteiger partial charge in [0.2, 0.25) is 0 Å². The fourth-order valence-electron chi connectivity index (χ4n) is 0.267. The second-order valence-electron chi connectivity index (χ2n) is 1.69. The van der Waals surface area contributed by atoms with Gasteiger partial charge in [-0.2, -0.15) is 0 Å². The minimum atomic E-state index is -1.83. The van der Waals surface area contributed by atoms with Gasteiger partial charge >= 0.3 is 6.16 Å². The highest BCUT2D eigenvalue weighted by atomic mass is 16.6. The molecule has 1 atom stereocenters. The molecule has 0 amide bonds. The van der Waals surface area contributed by atoms with E-state index in [4.69, 9.17) is 25.8 Å². The highest BCUT2D eigenvalue weighted by Crippen LogP contribution is 1.83. The normalized spacial score (nSPS) is 10.7. The third kappa shape index (κ3) is 27.8. The lowest BCUT2D eigenvalue weighted by Crippen LogP contribution is -2.17. The van der Waals surface area contributed by atoms with Crippen LogP contribution in [0.25, 0.3) is 0 Å². The molecule has 0 rings (SSSR count). The van der Waals surface area contributed by atoms with Gasteiger partial charge < -0.3 is 21.1 Å². The van der Waals surface area contributed by atoms with E-state index in [1.165, 1.54) is 0 Å². The Balaban J connectivity index is 0. The van der Waals surface area contributed by atoms with Crippen LogP contribution >= 0.6 is 0 Å². The van der Waals surface area contributed by atoms with Crippen LogP contribution < -0.4 is 5.73 Å². The van der Waals surface area contributed by atoms with Gasteiger partial charge in [0, 0.05) is 12.6 Å². The molecule has 5 heteroatoms. The zero-order chi connectivity index (χ0) is 9.28. The van der Waals surface area contributed by atoms with Crippen molar-refractivity contribution < 1.29 is 20.1 Å². The summed E-state index contributed by atoms with van der Waals surface area (Å²) in [5.74, 6) is 0. The number of carboxylic acid groups (broad SMARTS) is 2. The lowest BCUT2D eigenvalue weighted by molar-refractivity contribution is 0.137. The Morgan fingerprint density at radius 1 is 1.64 bits per heavy atom. The average Bonchev–Trinajstić information content (AvgIpc) is 1.87. The molecule has 0 bridgehead atoms. The van der Waals surface area contributed by atoms with Crippen LogP contribution in [-0.2, 0) is 0 Å². The SMILES string of the molecule is C=CC(N)CCO.O=C(O)O. The summed E-state index contributed by atoms with van der Waals surface area (Å²) in [7, 11) is 0. The Morgan fingerprint density at radius 3 is 2.09 bits per heavy atom. The summed E-state index contributed by atoms with van der Waals surface area (Å²) in [6, 6.07) is -0.0370. The van der Waals surface area contributed by atoms with Crippen molar-refractivity contribution in [2.24, 2.45) is 5.73 Å². The molecule has 5 N–H and O–H groups in total. The number of hydrogen-bond acceptors (Lipinski definition) is 3. The summed E-state index contributed by atoms with van der Waals surface area (Å²) in [6.07, 6.45) is 0.403. The Kier molecular flexibility index (Phi) is 10.2. The van der Waals surface area contributed by atoms with E-state index in [9.17, 15) is 0 Å². The smallest absolute Gasteiger partial charge is 0.450 e. The Morgan fingerprint density at radius 2 is 2.00 bits per heavy atom. The maximum Gasteiger partial charge on any atom is 0.503 e. The quantitative estimate of drug-likeness (QED) is 0.442. The van der Waals surface area contributed by atoms with Crippen molar-refractivity contribution in [2.75, 3.05) is 6.61 Å². The van der Waals surface area contributed by atoms with Gasteiger partial charge in [-0.1, -0.05) is 6.08 Å². The maximum atomic E-state index is 8.56. The number of hydrogen-bond donors (Lipinski definition) is 4. The van der Waals surface area contributed by atoms with Crippen LogP contribution in [0.5, 0.6) is 0 Å². The van der Waals surface area contributed by atoms with Crippen LogP contribution in [-0.4, -0.2) is 34.1 Å². The van der Waals surface area contributed by atoms with E-state index in [-0.39, 0.29) is 12.6 Å². The lowest BCUT2D eigenvalue weighted by Gasteiger charge is -1.98.